The fraction of sp³-hybridized carbons (Fsp3) is 0.316. The Labute approximate surface area is 172 Å². The molecule has 0 spiro atoms. The first-order valence-electron chi connectivity index (χ1n) is 9.18. The molecule has 0 radical (unpaired) electrons. The van der Waals surface area contributed by atoms with Gasteiger partial charge >= 0.3 is 6.01 Å². The molecule has 0 aliphatic carbocycles. The van der Waals surface area contributed by atoms with Crippen molar-refractivity contribution in [2.75, 3.05) is 18.4 Å². The fourth-order valence-electron chi connectivity index (χ4n) is 3.21. The van der Waals surface area contributed by atoms with Crippen LogP contribution in [0.3, 0.4) is 0 Å². The third-order valence-electron chi connectivity index (χ3n) is 4.80. The number of benzene rings is 1. The van der Waals surface area contributed by atoms with E-state index in [1.54, 1.807) is 17.5 Å². The Bertz CT molecular complexity index is 1090. The molecule has 1 N–H and O–H groups in total. The first kappa shape index (κ1) is 19.7. The topological polar surface area (TPSA) is 105 Å². The van der Waals surface area contributed by atoms with Crippen molar-refractivity contribution < 1.29 is 17.6 Å². The average Bonchev–Trinajstić information content (AvgIpc) is 3.41. The van der Waals surface area contributed by atoms with Gasteiger partial charge in [0.25, 0.3) is 10.0 Å². The molecule has 1 aliphatic heterocycles. The number of thiophene rings is 1. The van der Waals surface area contributed by atoms with E-state index in [1.807, 2.05) is 31.2 Å². The van der Waals surface area contributed by atoms with Crippen LogP contribution < -0.4 is 5.32 Å². The zero-order valence-corrected chi connectivity index (χ0v) is 17.4. The molecule has 1 unspecified atom stereocenters. The van der Waals surface area contributed by atoms with Crippen LogP contribution in [-0.2, 0) is 14.8 Å². The molecule has 2 aromatic heterocycles. The van der Waals surface area contributed by atoms with E-state index in [1.165, 1.54) is 15.6 Å². The Morgan fingerprint density at radius 1 is 1.24 bits per heavy atom. The number of amides is 1. The van der Waals surface area contributed by atoms with Crippen molar-refractivity contribution in [1.82, 2.24) is 14.5 Å². The van der Waals surface area contributed by atoms with Crippen LogP contribution in [0.25, 0.3) is 11.5 Å². The number of sulfonamides is 1. The third-order valence-corrected chi connectivity index (χ3v) is 8.04. The Balaban J connectivity index is 1.43. The highest BCUT2D eigenvalue weighted by atomic mass is 32.2. The highest BCUT2D eigenvalue weighted by Gasteiger charge is 2.34. The highest BCUT2D eigenvalue weighted by molar-refractivity contribution is 7.91. The van der Waals surface area contributed by atoms with Crippen LogP contribution in [0.5, 0.6) is 0 Å². The van der Waals surface area contributed by atoms with E-state index < -0.39 is 15.9 Å². The van der Waals surface area contributed by atoms with Gasteiger partial charge in [0.05, 0.1) is 5.92 Å². The van der Waals surface area contributed by atoms with E-state index in [9.17, 15) is 13.2 Å². The summed E-state index contributed by atoms with van der Waals surface area (Å²) in [4.78, 5) is 12.7. The van der Waals surface area contributed by atoms with E-state index in [2.05, 4.69) is 15.5 Å². The maximum Gasteiger partial charge on any atom is 0.322 e. The quantitative estimate of drug-likeness (QED) is 0.664. The van der Waals surface area contributed by atoms with Crippen LogP contribution in [0.15, 0.2) is 50.4 Å². The molecule has 152 valence electrons. The number of anilines is 1. The van der Waals surface area contributed by atoms with Crippen LogP contribution in [-0.4, -0.2) is 41.9 Å². The van der Waals surface area contributed by atoms with Crippen molar-refractivity contribution >= 4 is 33.3 Å². The summed E-state index contributed by atoms with van der Waals surface area (Å²) in [6.45, 7) is 2.52. The van der Waals surface area contributed by atoms with Crippen LogP contribution in [0.4, 0.5) is 6.01 Å². The number of hydrogen-bond donors (Lipinski definition) is 1. The van der Waals surface area contributed by atoms with E-state index in [0.29, 0.717) is 25.3 Å². The molecule has 1 fully saturated rings. The molecule has 1 amide bonds. The molecule has 3 heterocycles. The maximum atomic E-state index is 12.7. The summed E-state index contributed by atoms with van der Waals surface area (Å²) in [5.41, 5.74) is 1.87. The summed E-state index contributed by atoms with van der Waals surface area (Å²) < 4.78 is 32.6. The van der Waals surface area contributed by atoms with Crippen LogP contribution in [0, 0.1) is 12.8 Å². The summed E-state index contributed by atoms with van der Waals surface area (Å²) >= 11 is 1.17. The second-order valence-corrected chi connectivity index (χ2v) is 10.0. The first-order valence-corrected chi connectivity index (χ1v) is 11.5. The lowest BCUT2D eigenvalue weighted by Crippen LogP contribution is -2.43. The SMILES string of the molecule is Cc1ccc(-c2nnc(NC(=O)C3CCCN(S(=O)(=O)c4cccs4)C3)o2)cc1. The average molecular weight is 433 g/mol. The minimum absolute atomic E-state index is 0.00353. The van der Waals surface area contributed by atoms with Gasteiger partial charge < -0.3 is 4.42 Å². The molecule has 1 atom stereocenters. The van der Waals surface area contributed by atoms with Crippen molar-refractivity contribution in [3.63, 3.8) is 0 Å². The maximum absolute atomic E-state index is 12.7. The molecule has 8 nitrogen and oxygen atoms in total. The van der Waals surface area contributed by atoms with Gasteiger partial charge in [0.15, 0.2) is 0 Å². The largest absolute Gasteiger partial charge is 0.403 e. The lowest BCUT2D eigenvalue weighted by molar-refractivity contribution is -0.121. The number of hydrogen-bond acceptors (Lipinski definition) is 7. The summed E-state index contributed by atoms with van der Waals surface area (Å²) in [6.07, 6.45) is 1.21. The molecular formula is C19H20N4O4S2. The number of carbonyl (C=O) groups is 1. The second-order valence-electron chi connectivity index (χ2n) is 6.90. The number of piperidine rings is 1. The Morgan fingerprint density at radius 3 is 2.76 bits per heavy atom. The number of rotatable bonds is 5. The van der Waals surface area contributed by atoms with E-state index in [4.69, 9.17) is 4.42 Å². The number of carbonyl (C=O) groups excluding carboxylic acids is 1. The van der Waals surface area contributed by atoms with Gasteiger partial charge in [0.2, 0.25) is 11.8 Å². The molecule has 1 saturated heterocycles. The van der Waals surface area contributed by atoms with E-state index in [0.717, 1.165) is 11.1 Å². The van der Waals surface area contributed by atoms with E-state index >= 15 is 0 Å². The molecule has 0 bridgehead atoms. The van der Waals surface area contributed by atoms with Gasteiger partial charge in [-0.1, -0.05) is 28.9 Å². The van der Waals surface area contributed by atoms with Crippen molar-refractivity contribution in [2.24, 2.45) is 5.92 Å². The number of aryl methyl sites for hydroxylation is 1. The summed E-state index contributed by atoms with van der Waals surface area (Å²) in [5.74, 6) is -0.491. The van der Waals surface area contributed by atoms with Crippen LogP contribution in [0.1, 0.15) is 18.4 Å². The molecule has 1 aromatic carbocycles. The Kier molecular flexibility index (Phi) is 5.48. The van der Waals surface area contributed by atoms with Gasteiger partial charge in [-0.3, -0.25) is 10.1 Å². The number of aromatic nitrogens is 2. The molecule has 1 aliphatic rings. The minimum atomic E-state index is -3.57. The predicted molar refractivity (Wildman–Crippen MR) is 109 cm³/mol. The molecule has 0 saturated carbocycles. The normalized spacial score (nSPS) is 17.9. The summed E-state index contributed by atoms with van der Waals surface area (Å²) in [7, 11) is -3.57. The van der Waals surface area contributed by atoms with Gasteiger partial charge in [0.1, 0.15) is 4.21 Å². The molecular weight excluding hydrogens is 412 g/mol. The van der Waals surface area contributed by atoms with Gasteiger partial charge in [-0.15, -0.1) is 16.4 Å². The van der Waals surface area contributed by atoms with E-state index in [-0.39, 0.29) is 22.7 Å². The van der Waals surface area contributed by atoms with Crippen molar-refractivity contribution in [2.45, 2.75) is 24.0 Å². The summed E-state index contributed by atoms with van der Waals surface area (Å²) in [5, 5.41) is 12.2. The predicted octanol–water partition coefficient (Wildman–Crippen LogP) is 3.15. The first-order chi connectivity index (χ1) is 13.9. The smallest absolute Gasteiger partial charge is 0.322 e. The lowest BCUT2D eigenvalue weighted by Gasteiger charge is -2.30. The number of nitrogens with zero attached hydrogens (tertiary/aromatic N) is 3. The minimum Gasteiger partial charge on any atom is -0.403 e. The lowest BCUT2D eigenvalue weighted by atomic mass is 9.99. The zero-order chi connectivity index (χ0) is 20.4. The van der Waals surface area contributed by atoms with Gasteiger partial charge in [-0.25, -0.2) is 8.42 Å². The van der Waals surface area contributed by atoms with Crippen LogP contribution in [0.2, 0.25) is 0 Å². The third kappa shape index (κ3) is 4.24. The summed E-state index contributed by atoms with van der Waals surface area (Å²) in [6, 6.07) is 10.9. The molecule has 10 heteroatoms. The zero-order valence-electron chi connectivity index (χ0n) is 15.7. The molecule has 3 aromatic rings. The van der Waals surface area contributed by atoms with Gasteiger partial charge in [-0.05, 0) is 43.3 Å². The monoisotopic (exact) mass is 432 g/mol. The standard InChI is InChI=1S/C19H20N4O4S2/c1-13-6-8-14(9-7-13)18-21-22-19(27-18)20-17(24)15-4-2-10-23(12-15)29(25,26)16-5-3-11-28-16/h3,5-9,11,15H,2,4,10,12H2,1H3,(H,20,22,24). The Morgan fingerprint density at radius 2 is 2.03 bits per heavy atom. The van der Waals surface area contributed by atoms with Crippen LogP contribution >= 0.6 is 11.3 Å². The Hall–Kier alpha value is -2.56. The van der Waals surface area contributed by atoms with Gasteiger partial charge in [-0.2, -0.15) is 4.31 Å². The highest BCUT2D eigenvalue weighted by Crippen LogP contribution is 2.27. The van der Waals surface area contributed by atoms with Crippen molar-refractivity contribution in [3.8, 4) is 11.5 Å². The van der Waals surface area contributed by atoms with Gasteiger partial charge in [0, 0.05) is 18.7 Å². The molecule has 29 heavy (non-hydrogen) atoms. The fourth-order valence-corrected chi connectivity index (χ4v) is 5.87. The van der Waals surface area contributed by atoms with Crippen molar-refractivity contribution in [1.29, 1.82) is 0 Å². The second kappa shape index (κ2) is 8.05. The molecule has 4 rings (SSSR count). The number of nitrogens with one attached hydrogen (secondary N) is 1. The van der Waals surface area contributed by atoms with Crippen molar-refractivity contribution in [3.05, 3.63) is 47.3 Å².